The molecule has 0 radical (unpaired) electrons. The Labute approximate surface area is 108 Å². The van der Waals surface area contributed by atoms with Gasteiger partial charge in [0.05, 0.1) is 0 Å². The van der Waals surface area contributed by atoms with Crippen LogP contribution in [0.5, 0.6) is 0 Å². The Morgan fingerprint density at radius 2 is 2.12 bits per heavy atom. The van der Waals surface area contributed by atoms with E-state index in [1.54, 1.807) is 0 Å². The quantitative estimate of drug-likeness (QED) is 0.495. The van der Waals surface area contributed by atoms with E-state index in [9.17, 15) is 0 Å². The first-order valence-electron chi connectivity index (χ1n) is 6.06. The SMILES string of the molecule is CC(C)N(CCCCCCl)Cc1cccs1. The highest BCUT2D eigenvalue weighted by Crippen LogP contribution is 2.14. The first-order chi connectivity index (χ1) is 7.74. The van der Waals surface area contributed by atoms with Crippen LogP contribution in [0.3, 0.4) is 0 Å². The summed E-state index contributed by atoms with van der Waals surface area (Å²) >= 11 is 7.53. The molecule has 1 aromatic heterocycles. The minimum atomic E-state index is 0.623. The molecule has 0 unspecified atom stereocenters. The lowest BCUT2D eigenvalue weighted by Crippen LogP contribution is -2.31. The smallest absolute Gasteiger partial charge is 0.0330 e. The Balaban J connectivity index is 2.30. The van der Waals surface area contributed by atoms with Gasteiger partial charge in [-0.2, -0.15) is 0 Å². The molecule has 0 amide bonds. The predicted molar refractivity (Wildman–Crippen MR) is 74.4 cm³/mol. The largest absolute Gasteiger partial charge is 0.296 e. The lowest BCUT2D eigenvalue weighted by atomic mass is 10.2. The van der Waals surface area contributed by atoms with Crippen LogP contribution in [0.4, 0.5) is 0 Å². The van der Waals surface area contributed by atoms with Gasteiger partial charge < -0.3 is 0 Å². The first-order valence-corrected chi connectivity index (χ1v) is 7.48. The molecule has 92 valence electrons. The van der Waals surface area contributed by atoms with Crippen LogP contribution in [0.25, 0.3) is 0 Å². The number of halogens is 1. The van der Waals surface area contributed by atoms with Crippen molar-refractivity contribution in [2.24, 2.45) is 0 Å². The average molecular weight is 260 g/mol. The number of thiophene rings is 1. The van der Waals surface area contributed by atoms with Gasteiger partial charge >= 0.3 is 0 Å². The summed E-state index contributed by atoms with van der Waals surface area (Å²) in [6.07, 6.45) is 3.65. The maximum Gasteiger partial charge on any atom is 0.0330 e. The van der Waals surface area contributed by atoms with Crippen LogP contribution in [0, 0.1) is 0 Å². The lowest BCUT2D eigenvalue weighted by molar-refractivity contribution is 0.210. The molecule has 0 aliphatic heterocycles. The van der Waals surface area contributed by atoms with E-state index >= 15 is 0 Å². The Hall–Kier alpha value is -0.0500. The lowest BCUT2D eigenvalue weighted by Gasteiger charge is -2.25. The second-order valence-electron chi connectivity index (χ2n) is 4.39. The highest BCUT2D eigenvalue weighted by atomic mass is 35.5. The Kier molecular flexibility index (Phi) is 7.10. The molecule has 1 rings (SSSR count). The third-order valence-electron chi connectivity index (χ3n) is 2.75. The molecule has 0 saturated carbocycles. The minimum Gasteiger partial charge on any atom is -0.296 e. The Bertz CT molecular complexity index is 259. The molecule has 0 spiro atoms. The van der Waals surface area contributed by atoms with Gasteiger partial charge in [0.15, 0.2) is 0 Å². The van der Waals surface area contributed by atoms with Crippen LogP contribution >= 0.6 is 22.9 Å². The van der Waals surface area contributed by atoms with Gasteiger partial charge in [-0.25, -0.2) is 0 Å². The maximum atomic E-state index is 5.68. The van der Waals surface area contributed by atoms with E-state index < -0.39 is 0 Å². The summed E-state index contributed by atoms with van der Waals surface area (Å²) in [7, 11) is 0. The number of hydrogen-bond acceptors (Lipinski definition) is 2. The number of rotatable bonds is 8. The average Bonchev–Trinajstić information content (AvgIpc) is 2.75. The molecule has 0 saturated heterocycles. The van der Waals surface area contributed by atoms with E-state index in [-0.39, 0.29) is 0 Å². The van der Waals surface area contributed by atoms with Crippen molar-refractivity contribution in [3.63, 3.8) is 0 Å². The van der Waals surface area contributed by atoms with Crippen molar-refractivity contribution in [1.29, 1.82) is 0 Å². The molecule has 0 fully saturated rings. The fourth-order valence-corrected chi connectivity index (χ4v) is 2.63. The van der Waals surface area contributed by atoms with E-state index in [1.165, 1.54) is 24.3 Å². The Morgan fingerprint density at radius 3 is 2.69 bits per heavy atom. The van der Waals surface area contributed by atoms with E-state index in [2.05, 4.69) is 36.3 Å². The third kappa shape index (κ3) is 5.33. The van der Waals surface area contributed by atoms with Crippen molar-refractivity contribution in [1.82, 2.24) is 4.90 Å². The van der Waals surface area contributed by atoms with E-state index in [4.69, 9.17) is 11.6 Å². The summed E-state index contributed by atoms with van der Waals surface area (Å²) in [5.74, 6) is 0.798. The summed E-state index contributed by atoms with van der Waals surface area (Å²) in [5, 5.41) is 2.15. The fraction of sp³-hybridized carbons (Fsp3) is 0.692. The molecule has 0 aliphatic rings. The number of alkyl halides is 1. The summed E-state index contributed by atoms with van der Waals surface area (Å²) in [5.41, 5.74) is 0. The molecular weight excluding hydrogens is 238 g/mol. The normalized spacial score (nSPS) is 11.6. The highest BCUT2D eigenvalue weighted by Gasteiger charge is 2.09. The van der Waals surface area contributed by atoms with Gasteiger partial charge in [-0.05, 0) is 44.7 Å². The van der Waals surface area contributed by atoms with Crippen molar-refractivity contribution in [3.8, 4) is 0 Å². The molecule has 3 heteroatoms. The monoisotopic (exact) mass is 259 g/mol. The van der Waals surface area contributed by atoms with Gasteiger partial charge in [0.25, 0.3) is 0 Å². The minimum absolute atomic E-state index is 0.623. The van der Waals surface area contributed by atoms with E-state index in [1.807, 2.05) is 11.3 Å². The first kappa shape index (κ1) is 14.0. The molecule has 1 aromatic rings. The second kappa shape index (κ2) is 8.10. The van der Waals surface area contributed by atoms with Crippen molar-refractivity contribution in [2.75, 3.05) is 12.4 Å². The van der Waals surface area contributed by atoms with Gasteiger partial charge in [-0.3, -0.25) is 4.90 Å². The van der Waals surface area contributed by atoms with E-state index in [0.29, 0.717) is 6.04 Å². The third-order valence-corrected chi connectivity index (χ3v) is 3.88. The van der Waals surface area contributed by atoms with Crippen LogP contribution in [0.1, 0.15) is 38.0 Å². The zero-order valence-electron chi connectivity index (χ0n) is 10.3. The molecule has 0 bridgehead atoms. The molecule has 0 N–H and O–H groups in total. The standard InChI is InChI=1S/C13H22ClNS/c1-12(2)15(9-5-3-4-8-14)11-13-7-6-10-16-13/h6-7,10,12H,3-5,8-9,11H2,1-2H3. The van der Waals surface area contributed by atoms with Gasteiger partial charge in [-0.15, -0.1) is 22.9 Å². The molecule has 1 heterocycles. The topological polar surface area (TPSA) is 3.24 Å². The molecule has 0 atom stereocenters. The van der Waals surface area contributed by atoms with Crippen LogP contribution in [0.2, 0.25) is 0 Å². The summed E-state index contributed by atoms with van der Waals surface area (Å²) in [4.78, 5) is 4.01. The zero-order valence-corrected chi connectivity index (χ0v) is 11.9. The van der Waals surface area contributed by atoms with Crippen molar-refractivity contribution in [2.45, 2.75) is 45.7 Å². The molecule has 0 aliphatic carbocycles. The van der Waals surface area contributed by atoms with Crippen molar-refractivity contribution < 1.29 is 0 Å². The van der Waals surface area contributed by atoms with Gasteiger partial charge in [-0.1, -0.05) is 12.5 Å². The second-order valence-corrected chi connectivity index (χ2v) is 5.80. The Morgan fingerprint density at radius 1 is 1.31 bits per heavy atom. The highest BCUT2D eigenvalue weighted by molar-refractivity contribution is 7.09. The molecular formula is C13H22ClNS. The zero-order chi connectivity index (χ0) is 11.8. The number of hydrogen-bond donors (Lipinski definition) is 0. The maximum absolute atomic E-state index is 5.68. The molecule has 16 heavy (non-hydrogen) atoms. The van der Waals surface area contributed by atoms with Crippen LogP contribution in [0.15, 0.2) is 17.5 Å². The van der Waals surface area contributed by atoms with E-state index in [0.717, 1.165) is 18.8 Å². The van der Waals surface area contributed by atoms with Gasteiger partial charge in [0.1, 0.15) is 0 Å². The van der Waals surface area contributed by atoms with Gasteiger partial charge in [0, 0.05) is 23.3 Å². The van der Waals surface area contributed by atoms with Crippen molar-refractivity contribution >= 4 is 22.9 Å². The predicted octanol–water partition coefficient (Wildman–Crippen LogP) is 4.37. The summed E-state index contributed by atoms with van der Waals surface area (Å²) < 4.78 is 0. The van der Waals surface area contributed by atoms with Crippen molar-refractivity contribution in [3.05, 3.63) is 22.4 Å². The summed E-state index contributed by atoms with van der Waals surface area (Å²) in [6, 6.07) is 4.98. The number of unbranched alkanes of at least 4 members (excludes halogenated alkanes) is 2. The molecule has 1 nitrogen and oxygen atoms in total. The van der Waals surface area contributed by atoms with Crippen LogP contribution < -0.4 is 0 Å². The fourth-order valence-electron chi connectivity index (χ4n) is 1.71. The summed E-state index contributed by atoms with van der Waals surface area (Å²) in [6.45, 7) is 6.83. The molecule has 0 aromatic carbocycles. The van der Waals surface area contributed by atoms with Crippen LogP contribution in [-0.2, 0) is 6.54 Å². The number of nitrogens with zero attached hydrogens (tertiary/aromatic N) is 1. The van der Waals surface area contributed by atoms with Crippen LogP contribution in [-0.4, -0.2) is 23.4 Å². The van der Waals surface area contributed by atoms with Gasteiger partial charge in [0.2, 0.25) is 0 Å².